The molecule has 0 saturated carbocycles. The number of aryl methyl sites for hydroxylation is 1. The molecule has 0 bridgehead atoms. The van der Waals surface area contributed by atoms with E-state index in [-0.39, 0.29) is 11.3 Å². The van der Waals surface area contributed by atoms with Gasteiger partial charge in [0.15, 0.2) is 5.82 Å². The molecule has 1 aromatic carbocycles. The van der Waals surface area contributed by atoms with Crippen LogP contribution in [0.1, 0.15) is 29.8 Å². The second-order valence-corrected chi connectivity index (χ2v) is 7.41. The number of carbonyl (C=O) groups excluding carboxylic acids is 1. The largest absolute Gasteiger partial charge is 0.384 e. The van der Waals surface area contributed by atoms with Gasteiger partial charge in [-0.25, -0.2) is 9.97 Å². The van der Waals surface area contributed by atoms with Crippen molar-refractivity contribution in [3.05, 3.63) is 47.3 Å². The Morgan fingerprint density at radius 2 is 2.11 bits per heavy atom. The van der Waals surface area contributed by atoms with Crippen LogP contribution in [-0.2, 0) is 26.3 Å². The quantitative estimate of drug-likeness (QED) is 0.831. The van der Waals surface area contributed by atoms with Crippen LogP contribution in [0.5, 0.6) is 0 Å². The predicted molar refractivity (Wildman–Crippen MR) is 101 cm³/mol. The van der Waals surface area contributed by atoms with Gasteiger partial charge in [-0.15, -0.1) is 0 Å². The first-order valence-electron chi connectivity index (χ1n) is 9.41. The van der Waals surface area contributed by atoms with E-state index in [0.717, 1.165) is 41.3 Å². The molecule has 1 aromatic heterocycles. The molecule has 142 valence electrons. The number of carbonyl (C=O) groups is 1. The van der Waals surface area contributed by atoms with E-state index in [4.69, 9.17) is 19.4 Å². The summed E-state index contributed by atoms with van der Waals surface area (Å²) in [5.74, 6) is 0.882. The van der Waals surface area contributed by atoms with Crippen LogP contribution in [0.3, 0.4) is 0 Å². The zero-order valence-electron chi connectivity index (χ0n) is 15.9. The van der Waals surface area contributed by atoms with Gasteiger partial charge in [0.1, 0.15) is 0 Å². The van der Waals surface area contributed by atoms with Gasteiger partial charge in [0.05, 0.1) is 37.4 Å². The SMILES string of the molecule is COCCC(=O)N1CCC2(COCc3c(C)nc(-c4ccccc4)nc32)C1. The summed E-state index contributed by atoms with van der Waals surface area (Å²) in [6.45, 7) is 4.98. The summed E-state index contributed by atoms with van der Waals surface area (Å²) in [5, 5.41) is 0. The molecule has 2 aromatic rings. The van der Waals surface area contributed by atoms with E-state index in [1.54, 1.807) is 7.11 Å². The lowest BCUT2D eigenvalue weighted by atomic mass is 9.80. The van der Waals surface area contributed by atoms with E-state index in [2.05, 4.69) is 0 Å². The third kappa shape index (κ3) is 3.35. The average Bonchev–Trinajstić information content (AvgIpc) is 3.12. The first-order valence-corrected chi connectivity index (χ1v) is 9.41. The molecule has 4 rings (SSSR count). The number of fused-ring (bicyclic) bond motifs is 2. The summed E-state index contributed by atoms with van der Waals surface area (Å²) in [5.41, 5.74) is 3.86. The third-order valence-corrected chi connectivity index (χ3v) is 5.60. The number of rotatable bonds is 4. The van der Waals surface area contributed by atoms with E-state index in [9.17, 15) is 4.79 Å². The molecular formula is C21H25N3O3. The molecule has 3 heterocycles. The highest BCUT2D eigenvalue weighted by molar-refractivity contribution is 5.77. The first kappa shape index (κ1) is 18.1. The van der Waals surface area contributed by atoms with E-state index >= 15 is 0 Å². The number of nitrogens with zero attached hydrogens (tertiary/aromatic N) is 3. The molecule has 27 heavy (non-hydrogen) atoms. The molecule has 1 saturated heterocycles. The van der Waals surface area contributed by atoms with Crippen LogP contribution in [0.15, 0.2) is 30.3 Å². The molecule has 0 aliphatic carbocycles. The fourth-order valence-corrected chi connectivity index (χ4v) is 4.08. The van der Waals surface area contributed by atoms with Crippen molar-refractivity contribution in [2.24, 2.45) is 0 Å². The van der Waals surface area contributed by atoms with Crippen LogP contribution in [0.2, 0.25) is 0 Å². The second-order valence-electron chi connectivity index (χ2n) is 7.41. The topological polar surface area (TPSA) is 64.5 Å². The van der Waals surface area contributed by atoms with Crippen molar-refractivity contribution < 1.29 is 14.3 Å². The van der Waals surface area contributed by atoms with Crippen molar-refractivity contribution in [2.75, 3.05) is 33.4 Å². The van der Waals surface area contributed by atoms with Crippen LogP contribution in [0, 0.1) is 6.92 Å². The molecule has 1 amide bonds. The first-order chi connectivity index (χ1) is 13.1. The van der Waals surface area contributed by atoms with Crippen molar-refractivity contribution >= 4 is 5.91 Å². The Labute approximate surface area is 159 Å². The number of hydrogen-bond donors (Lipinski definition) is 0. The molecule has 1 fully saturated rings. The van der Waals surface area contributed by atoms with Crippen LogP contribution in [0.4, 0.5) is 0 Å². The maximum atomic E-state index is 12.5. The van der Waals surface area contributed by atoms with Gasteiger partial charge in [-0.3, -0.25) is 4.79 Å². The van der Waals surface area contributed by atoms with Gasteiger partial charge in [0, 0.05) is 37.0 Å². The highest BCUT2D eigenvalue weighted by Crippen LogP contribution is 2.40. The van der Waals surface area contributed by atoms with Gasteiger partial charge in [0.25, 0.3) is 0 Å². The Hall–Kier alpha value is -2.31. The number of aromatic nitrogens is 2. The summed E-state index contributed by atoms with van der Waals surface area (Å²) in [7, 11) is 1.62. The number of amides is 1. The Bertz CT molecular complexity index is 840. The minimum atomic E-state index is -0.243. The third-order valence-electron chi connectivity index (χ3n) is 5.60. The van der Waals surface area contributed by atoms with Gasteiger partial charge < -0.3 is 14.4 Å². The van der Waals surface area contributed by atoms with Gasteiger partial charge >= 0.3 is 0 Å². The zero-order valence-corrected chi connectivity index (χ0v) is 15.9. The van der Waals surface area contributed by atoms with Crippen molar-refractivity contribution in [3.63, 3.8) is 0 Å². The number of hydrogen-bond acceptors (Lipinski definition) is 5. The van der Waals surface area contributed by atoms with Crippen molar-refractivity contribution in [1.82, 2.24) is 14.9 Å². The van der Waals surface area contributed by atoms with E-state index < -0.39 is 0 Å². The molecule has 0 N–H and O–H groups in total. The fourth-order valence-electron chi connectivity index (χ4n) is 4.08. The van der Waals surface area contributed by atoms with Crippen molar-refractivity contribution in [3.8, 4) is 11.4 Å². The van der Waals surface area contributed by atoms with E-state index in [1.165, 1.54) is 0 Å². The standard InChI is InChI=1S/C21H25N3O3/c1-15-17-12-27-14-21(9-10-24(13-21)18(25)8-11-26-2)19(17)23-20(22-15)16-6-4-3-5-7-16/h3-7H,8-14H2,1-2H3. The average molecular weight is 367 g/mol. The highest BCUT2D eigenvalue weighted by Gasteiger charge is 2.46. The Balaban J connectivity index is 1.69. The summed E-state index contributed by atoms with van der Waals surface area (Å²) in [6.07, 6.45) is 1.28. The minimum absolute atomic E-state index is 0.134. The summed E-state index contributed by atoms with van der Waals surface area (Å²) in [4.78, 5) is 24.1. The smallest absolute Gasteiger partial charge is 0.224 e. The van der Waals surface area contributed by atoms with E-state index in [0.29, 0.717) is 32.8 Å². The molecule has 6 nitrogen and oxygen atoms in total. The van der Waals surface area contributed by atoms with Crippen LogP contribution in [-0.4, -0.2) is 54.2 Å². The number of ether oxygens (including phenoxy) is 2. The fraction of sp³-hybridized carbons (Fsp3) is 0.476. The summed E-state index contributed by atoms with van der Waals surface area (Å²) >= 11 is 0. The maximum Gasteiger partial charge on any atom is 0.224 e. The zero-order chi connectivity index (χ0) is 18.9. The monoisotopic (exact) mass is 367 g/mol. The Morgan fingerprint density at radius 3 is 2.89 bits per heavy atom. The predicted octanol–water partition coefficient (Wildman–Crippen LogP) is 2.49. The molecule has 1 atom stereocenters. The molecule has 1 unspecified atom stereocenters. The summed E-state index contributed by atoms with van der Waals surface area (Å²) in [6, 6.07) is 10.0. The Morgan fingerprint density at radius 1 is 1.30 bits per heavy atom. The van der Waals surface area contributed by atoms with Crippen LogP contribution < -0.4 is 0 Å². The van der Waals surface area contributed by atoms with Crippen molar-refractivity contribution in [1.29, 1.82) is 0 Å². The number of methoxy groups -OCH3 is 1. The van der Waals surface area contributed by atoms with Crippen LogP contribution >= 0.6 is 0 Å². The minimum Gasteiger partial charge on any atom is -0.384 e. The molecule has 2 aliphatic heterocycles. The molecule has 0 radical (unpaired) electrons. The summed E-state index contributed by atoms with van der Waals surface area (Å²) < 4.78 is 11.0. The van der Waals surface area contributed by atoms with Gasteiger partial charge in [-0.2, -0.15) is 0 Å². The lowest BCUT2D eigenvalue weighted by Crippen LogP contribution is -2.42. The number of likely N-dealkylation sites (tertiary alicyclic amines) is 1. The lowest BCUT2D eigenvalue weighted by molar-refractivity contribution is -0.131. The lowest BCUT2D eigenvalue weighted by Gasteiger charge is -2.35. The highest BCUT2D eigenvalue weighted by atomic mass is 16.5. The molecule has 6 heteroatoms. The Kier molecular flexibility index (Phi) is 4.93. The van der Waals surface area contributed by atoms with Gasteiger partial charge in [-0.05, 0) is 13.3 Å². The van der Waals surface area contributed by atoms with Crippen LogP contribution in [0.25, 0.3) is 11.4 Å². The normalized spacial score (nSPS) is 21.5. The number of benzene rings is 1. The molecule has 1 spiro atoms. The van der Waals surface area contributed by atoms with Gasteiger partial charge in [0.2, 0.25) is 5.91 Å². The second kappa shape index (κ2) is 7.37. The van der Waals surface area contributed by atoms with E-state index in [1.807, 2.05) is 42.2 Å². The van der Waals surface area contributed by atoms with Gasteiger partial charge in [-0.1, -0.05) is 30.3 Å². The molecule has 2 aliphatic rings. The van der Waals surface area contributed by atoms with Crippen molar-refractivity contribution in [2.45, 2.75) is 31.8 Å². The maximum absolute atomic E-state index is 12.5. The molecular weight excluding hydrogens is 342 g/mol.